The summed E-state index contributed by atoms with van der Waals surface area (Å²) in [6, 6.07) is 0.0899. The van der Waals surface area contributed by atoms with E-state index in [9.17, 15) is 9.59 Å². The highest BCUT2D eigenvalue weighted by Crippen LogP contribution is 2.10. The number of hydrogen-bond donors (Lipinski definition) is 3. The van der Waals surface area contributed by atoms with E-state index in [1.807, 2.05) is 7.05 Å². The maximum atomic E-state index is 11.9. The molecule has 0 aromatic carbocycles. The van der Waals surface area contributed by atoms with Crippen molar-refractivity contribution in [3.63, 3.8) is 0 Å². The molecule has 0 atom stereocenters. The Morgan fingerprint density at radius 1 is 1.50 bits per heavy atom. The summed E-state index contributed by atoms with van der Waals surface area (Å²) in [6.45, 7) is 1.86. The number of likely N-dealkylation sites (tertiary alicyclic amines) is 1. The Kier molecular flexibility index (Phi) is 3.61. The molecular weight excluding hydrogens is 236 g/mol. The lowest BCUT2D eigenvalue weighted by molar-refractivity contribution is 0.0684. The van der Waals surface area contributed by atoms with Gasteiger partial charge in [-0.3, -0.25) is 4.79 Å². The van der Waals surface area contributed by atoms with Crippen LogP contribution in [0.25, 0.3) is 0 Å². The summed E-state index contributed by atoms with van der Waals surface area (Å²) >= 11 is 0. The number of piperidine rings is 1. The van der Waals surface area contributed by atoms with Crippen LogP contribution in [0, 0.1) is 0 Å². The number of imidazole rings is 1. The van der Waals surface area contributed by atoms with Crippen molar-refractivity contribution in [1.29, 1.82) is 0 Å². The van der Waals surface area contributed by atoms with Gasteiger partial charge >= 0.3 is 5.97 Å². The van der Waals surface area contributed by atoms with Gasteiger partial charge < -0.3 is 20.3 Å². The van der Waals surface area contributed by atoms with Gasteiger partial charge in [0.05, 0.1) is 6.33 Å². The van der Waals surface area contributed by atoms with E-state index in [0.717, 1.165) is 25.9 Å². The SMILES string of the molecule is CN1CCC(NC(=O)c2nc[nH]c2C(=O)O)CC1. The molecule has 18 heavy (non-hydrogen) atoms. The molecule has 98 valence electrons. The van der Waals surface area contributed by atoms with Gasteiger partial charge in [0, 0.05) is 6.04 Å². The lowest BCUT2D eigenvalue weighted by atomic mass is 10.1. The molecule has 1 aliphatic heterocycles. The zero-order valence-electron chi connectivity index (χ0n) is 10.1. The summed E-state index contributed by atoms with van der Waals surface area (Å²) in [7, 11) is 2.04. The second-order valence-corrected chi connectivity index (χ2v) is 4.48. The van der Waals surface area contributed by atoms with Gasteiger partial charge in [0.1, 0.15) is 0 Å². The number of amides is 1. The van der Waals surface area contributed by atoms with Crippen molar-refractivity contribution in [3.05, 3.63) is 17.7 Å². The normalized spacial score (nSPS) is 17.6. The van der Waals surface area contributed by atoms with Crippen molar-refractivity contribution >= 4 is 11.9 Å². The van der Waals surface area contributed by atoms with Crippen molar-refractivity contribution in [2.75, 3.05) is 20.1 Å². The van der Waals surface area contributed by atoms with E-state index in [4.69, 9.17) is 5.11 Å². The van der Waals surface area contributed by atoms with Crippen LogP contribution in [0.5, 0.6) is 0 Å². The van der Waals surface area contributed by atoms with Crippen LogP contribution in [0.1, 0.15) is 33.8 Å². The lowest BCUT2D eigenvalue weighted by Gasteiger charge is -2.29. The summed E-state index contributed by atoms with van der Waals surface area (Å²) in [5.41, 5.74) is -0.221. The first-order chi connectivity index (χ1) is 8.58. The predicted octanol–water partition coefficient (Wildman–Crippen LogP) is -0.0681. The third-order valence-corrected chi connectivity index (χ3v) is 3.12. The number of aromatic nitrogens is 2. The Hall–Kier alpha value is -1.89. The molecule has 1 aromatic rings. The number of rotatable bonds is 3. The van der Waals surface area contributed by atoms with E-state index in [1.54, 1.807) is 0 Å². The molecule has 1 fully saturated rings. The molecule has 1 saturated heterocycles. The summed E-state index contributed by atoms with van der Waals surface area (Å²) in [5, 5.41) is 11.7. The average Bonchev–Trinajstić information content (AvgIpc) is 2.81. The van der Waals surface area contributed by atoms with Crippen LogP contribution < -0.4 is 5.32 Å². The number of aromatic amines is 1. The Bertz CT molecular complexity index is 449. The number of carbonyl (C=O) groups is 2. The largest absolute Gasteiger partial charge is 0.477 e. The molecule has 0 unspecified atom stereocenters. The van der Waals surface area contributed by atoms with Crippen LogP contribution in [0.2, 0.25) is 0 Å². The van der Waals surface area contributed by atoms with Crippen LogP contribution in [0.3, 0.4) is 0 Å². The average molecular weight is 252 g/mol. The molecule has 0 saturated carbocycles. The van der Waals surface area contributed by atoms with Crippen molar-refractivity contribution in [3.8, 4) is 0 Å². The van der Waals surface area contributed by atoms with E-state index in [-0.39, 0.29) is 17.4 Å². The summed E-state index contributed by atoms with van der Waals surface area (Å²) < 4.78 is 0. The molecule has 0 spiro atoms. The third-order valence-electron chi connectivity index (χ3n) is 3.12. The fraction of sp³-hybridized carbons (Fsp3) is 0.545. The molecule has 0 bridgehead atoms. The molecule has 2 heterocycles. The molecule has 3 N–H and O–H groups in total. The van der Waals surface area contributed by atoms with Crippen LogP contribution in [-0.2, 0) is 0 Å². The predicted molar refractivity (Wildman–Crippen MR) is 63.5 cm³/mol. The highest BCUT2D eigenvalue weighted by Gasteiger charge is 2.23. The minimum atomic E-state index is -1.18. The second kappa shape index (κ2) is 5.18. The Labute approximate surface area is 104 Å². The van der Waals surface area contributed by atoms with Gasteiger partial charge in [0.15, 0.2) is 11.4 Å². The molecule has 1 aliphatic rings. The smallest absolute Gasteiger partial charge is 0.354 e. The minimum absolute atomic E-state index is 0.0542. The summed E-state index contributed by atoms with van der Waals surface area (Å²) in [4.78, 5) is 31.2. The topological polar surface area (TPSA) is 98.3 Å². The lowest BCUT2D eigenvalue weighted by Crippen LogP contribution is -2.43. The van der Waals surface area contributed by atoms with Crippen molar-refractivity contribution in [1.82, 2.24) is 20.2 Å². The highest BCUT2D eigenvalue weighted by atomic mass is 16.4. The fourth-order valence-electron chi connectivity index (χ4n) is 2.04. The first-order valence-electron chi connectivity index (χ1n) is 5.84. The van der Waals surface area contributed by atoms with Gasteiger partial charge in [-0.15, -0.1) is 0 Å². The van der Waals surface area contributed by atoms with Gasteiger partial charge in [-0.1, -0.05) is 0 Å². The van der Waals surface area contributed by atoms with Crippen LogP contribution in [0.15, 0.2) is 6.33 Å². The van der Waals surface area contributed by atoms with Crippen molar-refractivity contribution in [2.45, 2.75) is 18.9 Å². The van der Waals surface area contributed by atoms with E-state index < -0.39 is 11.9 Å². The summed E-state index contributed by atoms with van der Waals surface area (Å²) in [6.07, 6.45) is 2.96. The standard InChI is InChI=1S/C11H16N4O3/c1-15-4-2-7(3-5-15)14-10(16)8-9(11(17)18)13-6-12-8/h6-7H,2-5H2,1H3,(H,12,13)(H,14,16)(H,17,18). The molecule has 0 radical (unpaired) electrons. The minimum Gasteiger partial charge on any atom is -0.477 e. The van der Waals surface area contributed by atoms with E-state index in [1.165, 1.54) is 6.33 Å². The summed E-state index contributed by atoms with van der Waals surface area (Å²) in [5.74, 6) is -1.61. The van der Waals surface area contributed by atoms with Gasteiger partial charge in [-0.25, -0.2) is 9.78 Å². The Morgan fingerprint density at radius 3 is 2.78 bits per heavy atom. The van der Waals surface area contributed by atoms with E-state index >= 15 is 0 Å². The van der Waals surface area contributed by atoms with Crippen LogP contribution in [0.4, 0.5) is 0 Å². The molecule has 7 nitrogen and oxygen atoms in total. The monoisotopic (exact) mass is 252 g/mol. The number of nitrogens with one attached hydrogen (secondary N) is 2. The molecular formula is C11H16N4O3. The van der Waals surface area contributed by atoms with Gasteiger partial charge in [-0.2, -0.15) is 0 Å². The van der Waals surface area contributed by atoms with Gasteiger partial charge in [-0.05, 0) is 33.0 Å². The number of carbonyl (C=O) groups excluding carboxylic acids is 1. The number of H-pyrrole nitrogens is 1. The maximum Gasteiger partial charge on any atom is 0.354 e. The number of carboxylic acids is 1. The van der Waals surface area contributed by atoms with E-state index in [2.05, 4.69) is 20.2 Å². The van der Waals surface area contributed by atoms with Crippen LogP contribution >= 0.6 is 0 Å². The van der Waals surface area contributed by atoms with Gasteiger partial charge in [0.2, 0.25) is 0 Å². The zero-order valence-corrected chi connectivity index (χ0v) is 10.1. The maximum absolute atomic E-state index is 11.9. The second-order valence-electron chi connectivity index (χ2n) is 4.48. The quantitative estimate of drug-likeness (QED) is 0.699. The number of nitrogens with zero attached hydrogens (tertiary/aromatic N) is 2. The highest BCUT2D eigenvalue weighted by molar-refractivity contribution is 6.02. The first kappa shape index (κ1) is 12.6. The number of hydrogen-bond acceptors (Lipinski definition) is 4. The zero-order chi connectivity index (χ0) is 13.1. The molecule has 2 rings (SSSR count). The van der Waals surface area contributed by atoms with Gasteiger partial charge in [0.25, 0.3) is 5.91 Å². The fourth-order valence-corrected chi connectivity index (χ4v) is 2.04. The number of aromatic carboxylic acids is 1. The van der Waals surface area contributed by atoms with Crippen molar-refractivity contribution < 1.29 is 14.7 Å². The van der Waals surface area contributed by atoms with Crippen LogP contribution in [-0.4, -0.2) is 58.0 Å². The number of carboxylic acid groups (broad SMARTS) is 1. The molecule has 7 heteroatoms. The first-order valence-corrected chi connectivity index (χ1v) is 5.84. The van der Waals surface area contributed by atoms with E-state index in [0.29, 0.717) is 0 Å². The third kappa shape index (κ3) is 2.67. The Morgan fingerprint density at radius 2 is 2.17 bits per heavy atom. The molecule has 0 aliphatic carbocycles. The molecule has 1 aromatic heterocycles. The van der Waals surface area contributed by atoms with Crippen molar-refractivity contribution in [2.24, 2.45) is 0 Å². The molecule has 1 amide bonds. The Balaban J connectivity index is 1.99.